The van der Waals surface area contributed by atoms with Crippen LogP contribution in [-0.2, 0) is 0 Å². The van der Waals surface area contributed by atoms with Gasteiger partial charge in [0, 0.05) is 5.69 Å². The lowest BCUT2D eigenvalue weighted by Gasteiger charge is -2.09. The van der Waals surface area contributed by atoms with E-state index in [9.17, 15) is 14.3 Å². The molecule has 4 heteroatoms. The summed E-state index contributed by atoms with van der Waals surface area (Å²) in [5, 5.41) is 12.1. The van der Waals surface area contributed by atoms with E-state index in [1.165, 1.54) is 12.1 Å². The Labute approximate surface area is 110 Å². The fourth-order valence-electron chi connectivity index (χ4n) is 1.75. The van der Waals surface area contributed by atoms with E-state index in [1.54, 1.807) is 12.1 Å². The van der Waals surface area contributed by atoms with Crippen molar-refractivity contribution in [2.45, 2.75) is 13.8 Å². The van der Waals surface area contributed by atoms with Crippen LogP contribution in [0.25, 0.3) is 0 Å². The zero-order valence-corrected chi connectivity index (χ0v) is 10.7. The number of benzene rings is 2. The van der Waals surface area contributed by atoms with Gasteiger partial charge in [-0.05, 0) is 49.2 Å². The Morgan fingerprint density at radius 1 is 1.16 bits per heavy atom. The highest BCUT2D eigenvalue weighted by Crippen LogP contribution is 2.22. The third-order valence-electron chi connectivity index (χ3n) is 2.98. The van der Waals surface area contributed by atoms with Gasteiger partial charge in [0.15, 0.2) is 0 Å². The Balaban J connectivity index is 2.28. The normalized spacial score (nSPS) is 10.3. The van der Waals surface area contributed by atoms with Gasteiger partial charge in [-0.15, -0.1) is 0 Å². The molecule has 0 aliphatic rings. The number of carbonyl (C=O) groups is 1. The van der Waals surface area contributed by atoms with Crippen LogP contribution >= 0.6 is 0 Å². The maximum Gasteiger partial charge on any atom is 0.262 e. The molecule has 0 saturated carbocycles. The van der Waals surface area contributed by atoms with Gasteiger partial charge in [-0.2, -0.15) is 0 Å². The second-order valence-corrected chi connectivity index (χ2v) is 4.39. The maximum atomic E-state index is 13.5. The standard InChI is InChI=1S/C15H14FNO2/c1-9-6-7-11(8-10(9)2)17-15(19)14-12(16)4-3-5-13(14)18/h3-8,18H,1-2H3,(H,17,19). The second-order valence-electron chi connectivity index (χ2n) is 4.39. The lowest BCUT2D eigenvalue weighted by atomic mass is 10.1. The number of rotatable bonds is 2. The molecule has 0 atom stereocenters. The zero-order valence-electron chi connectivity index (χ0n) is 10.7. The summed E-state index contributed by atoms with van der Waals surface area (Å²) in [5.74, 6) is -1.79. The minimum atomic E-state index is -0.749. The third-order valence-corrected chi connectivity index (χ3v) is 2.98. The number of nitrogens with one attached hydrogen (secondary N) is 1. The smallest absolute Gasteiger partial charge is 0.262 e. The van der Waals surface area contributed by atoms with Crippen molar-refractivity contribution in [2.24, 2.45) is 0 Å². The molecular weight excluding hydrogens is 245 g/mol. The first-order valence-corrected chi connectivity index (χ1v) is 5.85. The number of halogens is 1. The molecule has 0 bridgehead atoms. The van der Waals surface area contributed by atoms with E-state index in [2.05, 4.69) is 5.32 Å². The molecule has 0 aromatic heterocycles. The van der Waals surface area contributed by atoms with E-state index in [0.29, 0.717) is 5.69 Å². The molecule has 0 aliphatic carbocycles. The summed E-state index contributed by atoms with van der Waals surface area (Å²) in [6.45, 7) is 3.88. The Morgan fingerprint density at radius 2 is 1.89 bits per heavy atom. The van der Waals surface area contributed by atoms with Gasteiger partial charge in [-0.25, -0.2) is 4.39 Å². The summed E-state index contributed by atoms with van der Waals surface area (Å²) in [7, 11) is 0. The van der Waals surface area contributed by atoms with Crippen LogP contribution in [0.2, 0.25) is 0 Å². The second kappa shape index (κ2) is 5.10. The van der Waals surface area contributed by atoms with E-state index in [0.717, 1.165) is 17.2 Å². The van der Waals surface area contributed by atoms with Gasteiger partial charge in [0.05, 0.1) is 0 Å². The SMILES string of the molecule is Cc1ccc(NC(=O)c2c(O)cccc2F)cc1C. The van der Waals surface area contributed by atoms with Crippen LogP contribution < -0.4 is 5.32 Å². The maximum absolute atomic E-state index is 13.5. The van der Waals surface area contributed by atoms with E-state index < -0.39 is 11.7 Å². The molecule has 0 unspecified atom stereocenters. The zero-order chi connectivity index (χ0) is 14.0. The van der Waals surface area contributed by atoms with Gasteiger partial charge >= 0.3 is 0 Å². The molecule has 98 valence electrons. The van der Waals surface area contributed by atoms with Gasteiger partial charge in [-0.3, -0.25) is 4.79 Å². The third kappa shape index (κ3) is 2.73. The summed E-state index contributed by atoms with van der Waals surface area (Å²) < 4.78 is 13.5. The van der Waals surface area contributed by atoms with E-state index in [4.69, 9.17) is 0 Å². The van der Waals surface area contributed by atoms with Crippen molar-refractivity contribution in [1.82, 2.24) is 0 Å². The molecule has 0 heterocycles. The highest BCUT2D eigenvalue weighted by atomic mass is 19.1. The lowest BCUT2D eigenvalue weighted by Crippen LogP contribution is -2.14. The van der Waals surface area contributed by atoms with Crippen LogP contribution in [0, 0.1) is 19.7 Å². The predicted octanol–water partition coefficient (Wildman–Crippen LogP) is 3.40. The van der Waals surface area contributed by atoms with E-state index in [1.807, 2.05) is 19.9 Å². The van der Waals surface area contributed by atoms with Crippen LogP contribution in [-0.4, -0.2) is 11.0 Å². The van der Waals surface area contributed by atoms with Gasteiger partial charge in [0.1, 0.15) is 17.1 Å². The predicted molar refractivity (Wildman–Crippen MR) is 71.9 cm³/mol. The summed E-state index contributed by atoms with van der Waals surface area (Å²) in [5.41, 5.74) is 2.35. The van der Waals surface area contributed by atoms with Crippen LogP contribution in [0.1, 0.15) is 21.5 Å². The number of hydrogen-bond donors (Lipinski definition) is 2. The van der Waals surface area contributed by atoms with Gasteiger partial charge in [-0.1, -0.05) is 12.1 Å². The molecule has 19 heavy (non-hydrogen) atoms. The fraction of sp³-hybridized carbons (Fsp3) is 0.133. The number of carbonyl (C=O) groups excluding carboxylic acids is 1. The largest absolute Gasteiger partial charge is 0.507 e. The van der Waals surface area contributed by atoms with Gasteiger partial charge < -0.3 is 10.4 Å². The van der Waals surface area contributed by atoms with Gasteiger partial charge in [0.2, 0.25) is 0 Å². The van der Waals surface area contributed by atoms with Crippen molar-refractivity contribution in [2.75, 3.05) is 5.32 Å². The summed E-state index contributed by atoms with van der Waals surface area (Å²) in [6, 6.07) is 9.15. The Hall–Kier alpha value is -2.36. The van der Waals surface area contributed by atoms with Gasteiger partial charge in [0.25, 0.3) is 5.91 Å². The molecule has 0 radical (unpaired) electrons. The number of amides is 1. The summed E-state index contributed by atoms with van der Waals surface area (Å²) in [6.07, 6.45) is 0. The van der Waals surface area contributed by atoms with Crippen LogP contribution in [0.5, 0.6) is 5.75 Å². The number of phenols is 1. The van der Waals surface area contributed by atoms with Crippen molar-refractivity contribution in [3.05, 3.63) is 58.9 Å². The van der Waals surface area contributed by atoms with Crippen molar-refractivity contribution in [3.63, 3.8) is 0 Å². The molecule has 2 rings (SSSR count). The number of aromatic hydroxyl groups is 1. The highest BCUT2D eigenvalue weighted by molar-refractivity contribution is 6.06. The Kier molecular flexibility index (Phi) is 3.51. The minimum absolute atomic E-state index is 0.347. The molecule has 1 amide bonds. The van der Waals surface area contributed by atoms with E-state index >= 15 is 0 Å². The Bertz CT molecular complexity index is 618. The molecular formula is C15H14FNO2. The average Bonchev–Trinajstić information content (AvgIpc) is 2.33. The highest BCUT2D eigenvalue weighted by Gasteiger charge is 2.16. The topological polar surface area (TPSA) is 49.3 Å². The molecule has 0 fully saturated rings. The molecule has 0 spiro atoms. The number of phenolic OH excluding ortho intramolecular Hbond substituents is 1. The number of aryl methyl sites for hydroxylation is 2. The molecule has 0 saturated heterocycles. The first kappa shape index (κ1) is 13.1. The summed E-state index contributed by atoms with van der Waals surface area (Å²) >= 11 is 0. The number of hydrogen-bond acceptors (Lipinski definition) is 2. The van der Waals surface area contributed by atoms with Crippen molar-refractivity contribution in [1.29, 1.82) is 0 Å². The average molecular weight is 259 g/mol. The molecule has 3 nitrogen and oxygen atoms in total. The molecule has 2 aromatic rings. The first-order valence-electron chi connectivity index (χ1n) is 5.85. The van der Waals surface area contributed by atoms with Crippen molar-refractivity contribution >= 4 is 11.6 Å². The van der Waals surface area contributed by atoms with Crippen LogP contribution in [0.4, 0.5) is 10.1 Å². The molecule has 0 aliphatic heterocycles. The summed E-state index contributed by atoms with van der Waals surface area (Å²) in [4.78, 5) is 11.9. The monoisotopic (exact) mass is 259 g/mol. The number of anilines is 1. The minimum Gasteiger partial charge on any atom is -0.507 e. The van der Waals surface area contributed by atoms with Crippen LogP contribution in [0.15, 0.2) is 36.4 Å². The quantitative estimate of drug-likeness (QED) is 0.868. The molecule has 2 N–H and O–H groups in total. The molecule has 2 aromatic carbocycles. The van der Waals surface area contributed by atoms with Crippen LogP contribution in [0.3, 0.4) is 0 Å². The fourth-order valence-corrected chi connectivity index (χ4v) is 1.75. The lowest BCUT2D eigenvalue weighted by molar-refractivity contribution is 0.102. The van der Waals surface area contributed by atoms with E-state index in [-0.39, 0.29) is 11.3 Å². The Morgan fingerprint density at radius 3 is 2.53 bits per heavy atom. The van der Waals surface area contributed by atoms with Crippen molar-refractivity contribution in [3.8, 4) is 5.75 Å². The van der Waals surface area contributed by atoms with Crippen molar-refractivity contribution < 1.29 is 14.3 Å². The first-order chi connectivity index (χ1) is 8.99.